The molecule has 1 aromatic heterocycles. The number of carbonyl (C=O) groups excluding carboxylic acids is 2. The third-order valence-corrected chi connectivity index (χ3v) is 5.59. The van der Waals surface area contributed by atoms with Crippen LogP contribution >= 0.6 is 11.6 Å². The fourth-order valence-electron chi connectivity index (χ4n) is 3.54. The van der Waals surface area contributed by atoms with Crippen molar-refractivity contribution in [3.05, 3.63) is 58.9 Å². The smallest absolute Gasteiger partial charge is 0.242 e. The van der Waals surface area contributed by atoms with Crippen LogP contribution in [0.4, 0.5) is 0 Å². The van der Waals surface area contributed by atoms with E-state index in [1.807, 2.05) is 75.2 Å². The lowest BCUT2D eigenvalue weighted by atomic mass is 10.1. The minimum absolute atomic E-state index is 0.00921. The molecule has 2 aromatic rings. The first-order valence-corrected chi connectivity index (χ1v) is 11.4. The maximum atomic E-state index is 13.3. The number of nitrogens with zero attached hydrogens (tertiary/aromatic N) is 3. The van der Waals surface area contributed by atoms with Gasteiger partial charge in [-0.15, -0.1) is 0 Å². The molecule has 0 aliphatic carbocycles. The zero-order valence-corrected chi connectivity index (χ0v) is 20.4. The van der Waals surface area contributed by atoms with Gasteiger partial charge in [0.05, 0.1) is 13.1 Å². The summed E-state index contributed by atoms with van der Waals surface area (Å²) < 4.78 is 2.13. The Hall–Kier alpha value is -2.27. The molecule has 0 saturated carbocycles. The molecule has 2 amide bonds. The first-order chi connectivity index (χ1) is 14.6. The maximum absolute atomic E-state index is 13.3. The van der Waals surface area contributed by atoms with Crippen molar-refractivity contribution in [2.45, 2.75) is 60.7 Å². The molecule has 0 aliphatic rings. The second kappa shape index (κ2) is 11.4. The largest absolute Gasteiger partial charge is 0.345 e. The highest BCUT2D eigenvalue weighted by Crippen LogP contribution is 2.19. The third-order valence-electron chi connectivity index (χ3n) is 5.22. The fraction of sp³-hybridized carbons (Fsp3) is 0.520. The first-order valence-electron chi connectivity index (χ1n) is 11.1. The summed E-state index contributed by atoms with van der Waals surface area (Å²) in [4.78, 5) is 29.4. The van der Waals surface area contributed by atoms with E-state index in [4.69, 9.17) is 11.6 Å². The van der Waals surface area contributed by atoms with Gasteiger partial charge in [-0.1, -0.05) is 57.5 Å². The number of benzene rings is 1. The van der Waals surface area contributed by atoms with Gasteiger partial charge in [-0.3, -0.25) is 9.59 Å². The zero-order chi connectivity index (χ0) is 23.1. The topological polar surface area (TPSA) is 45.6 Å². The van der Waals surface area contributed by atoms with Gasteiger partial charge in [-0.25, -0.2) is 0 Å². The summed E-state index contributed by atoms with van der Waals surface area (Å²) in [5.41, 5.74) is 2.08. The second-order valence-electron chi connectivity index (χ2n) is 9.10. The molecule has 0 N–H and O–H groups in total. The molecule has 0 saturated heterocycles. The van der Waals surface area contributed by atoms with Gasteiger partial charge < -0.3 is 14.4 Å². The molecule has 0 fully saturated rings. The number of rotatable bonds is 10. The number of carbonyl (C=O) groups is 2. The molecular formula is C25H36ClN3O2. The Balaban J connectivity index is 2.20. The minimum Gasteiger partial charge on any atom is -0.345 e. The summed E-state index contributed by atoms with van der Waals surface area (Å²) in [6.07, 6.45) is 2.01. The SMILES string of the molecule is CC(C)CN(Cc1cccn1Cc1ccccc1Cl)C(=O)CN(C(=O)C(C)C)C(C)C. The van der Waals surface area contributed by atoms with Crippen molar-refractivity contribution in [2.24, 2.45) is 11.8 Å². The zero-order valence-electron chi connectivity index (χ0n) is 19.6. The van der Waals surface area contributed by atoms with Crippen LogP contribution in [0.3, 0.4) is 0 Å². The summed E-state index contributed by atoms with van der Waals surface area (Å²) in [6, 6.07) is 11.8. The van der Waals surface area contributed by atoms with Crippen LogP contribution in [0, 0.1) is 11.8 Å². The van der Waals surface area contributed by atoms with E-state index in [1.165, 1.54) is 0 Å². The lowest BCUT2D eigenvalue weighted by molar-refractivity contribution is -0.144. The Bertz CT molecular complexity index is 873. The lowest BCUT2D eigenvalue weighted by Gasteiger charge is -2.32. The fourth-order valence-corrected chi connectivity index (χ4v) is 3.74. The van der Waals surface area contributed by atoms with Gasteiger partial charge in [0, 0.05) is 42.0 Å². The summed E-state index contributed by atoms with van der Waals surface area (Å²) in [6.45, 7) is 13.7. The predicted octanol–water partition coefficient (Wildman–Crippen LogP) is 5.07. The Labute approximate surface area is 192 Å². The van der Waals surface area contributed by atoms with Gasteiger partial charge in [0.15, 0.2) is 0 Å². The summed E-state index contributed by atoms with van der Waals surface area (Å²) >= 11 is 6.35. The minimum atomic E-state index is -0.137. The van der Waals surface area contributed by atoms with E-state index >= 15 is 0 Å². The average Bonchev–Trinajstić information content (AvgIpc) is 3.12. The van der Waals surface area contributed by atoms with Gasteiger partial charge in [0.25, 0.3) is 0 Å². The molecular weight excluding hydrogens is 410 g/mol. The standard InChI is InChI=1S/C25H36ClN3O2/c1-18(2)14-28(24(30)17-29(20(5)6)25(31)19(3)4)16-22-11-9-13-27(22)15-21-10-7-8-12-23(21)26/h7-13,18-20H,14-17H2,1-6H3. The molecule has 170 valence electrons. The average molecular weight is 446 g/mol. The highest BCUT2D eigenvalue weighted by molar-refractivity contribution is 6.31. The Morgan fingerprint density at radius 2 is 1.68 bits per heavy atom. The normalized spacial score (nSPS) is 11.4. The number of aromatic nitrogens is 1. The van der Waals surface area contributed by atoms with Crippen LogP contribution in [0.15, 0.2) is 42.6 Å². The van der Waals surface area contributed by atoms with Crippen LogP contribution in [-0.4, -0.2) is 45.3 Å². The molecule has 6 heteroatoms. The van der Waals surface area contributed by atoms with Crippen LogP contribution in [0.25, 0.3) is 0 Å². The van der Waals surface area contributed by atoms with E-state index in [0.717, 1.165) is 16.3 Å². The van der Waals surface area contributed by atoms with E-state index < -0.39 is 0 Å². The molecule has 0 radical (unpaired) electrons. The molecule has 1 heterocycles. The van der Waals surface area contributed by atoms with E-state index in [0.29, 0.717) is 25.6 Å². The van der Waals surface area contributed by atoms with Crippen LogP contribution in [0.5, 0.6) is 0 Å². The molecule has 0 spiro atoms. The van der Waals surface area contributed by atoms with Gasteiger partial charge in [-0.05, 0) is 43.5 Å². The van der Waals surface area contributed by atoms with Crippen molar-refractivity contribution < 1.29 is 9.59 Å². The number of amides is 2. The van der Waals surface area contributed by atoms with E-state index in [9.17, 15) is 9.59 Å². The molecule has 1 aromatic carbocycles. The quantitative estimate of drug-likeness (QED) is 0.512. The molecule has 0 aliphatic heterocycles. The molecule has 2 rings (SSSR count). The second-order valence-corrected chi connectivity index (χ2v) is 9.51. The summed E-state index contributed by atoms with van der Waals surface area (Å²) in [5.74, 6) is 0.169. The highest BCUT2D eigenvalue weighted by atomic mass is 35.5. The highest BCUT2D eigenvalue weighted by Gasteiger charge is 2.26. The maximum Gasteiger partial charge on any atom is 0.242 e. The summed E-state index contributed by atoms with van der Waals surface area (Å²) in [7, 11) is 0. The molecule has 0 unspecified atom stereocenters. The molecule has 0 atom stereocenters. The first kappa shape index (κ1) is 25.0. The Kier molecular flexibility index (Phi) is 9.17. The Morgan fingerprint density at radius 1 is 1.00 bits per heavy atom. The van der Waals surface area contributed by atoms with Gasteiger partial charge in [0.1, 0.15) is 0 Å². The van der Waals surface area contributed by atoms with Crippen molar-refractivity contribution in [1.82, 2.24) is 14.4 Å². The number of hydrogen-bond acceptors (Lipinski definition) is 2. The van der Waals surface area contributed by atoms with E-state index in [-0.39, 0.29) is 30.3 Å². The van der Waals surface area contributed by atoms with Gasteiger partial charge in [0.2, 0.25) is 11.8 Å². The van der Waals surface area contributed by atoms with Crippen LogP contribution < -0.4 is 0 Å². The van der Waals surface area contributed by atoms with Crippen LogP contribution in [-0.2, 0) is 22.7 Å². The Morgan fingerprint density at radius 3 is 2.26 bits per heavy atom. The van der Waals surface area contributed by atoms with Crippen LogP contribution in [0.2, 0.25) is 5.02 Å². The lowest BCUT2D eigenvalue weighted by Crippen LogP contribution is -2.47. The van der Waals surface area contributed by atoms with Crippen molar-refractivity contribution in [3.8, 4) is 0 Å². The van der Waals surface area contributed by atoms with Crippen LogP contribution in [0.1, 0.15) is 52.8 Å². The predicted molar refractivity (Wildman–Crippen MR) is 127 cm³/mol. The number of hydrogen-bond donors (Lipinski definition) is 0. The molecule has 5 nitrogen and oxygen atoms in total. The van der Waals surface area contributed by atoms with Crippen molar-refractivity contribution in [1.29, 1.82) is 0 Å². The monoisotopic (exact) mass is 445 g/mol. The van der Waals surface area contributed by atoms with Crippen molar-refractivity contribution in [2.75, 3.05) is 13.1 Å². The van der Waals surface area contributed by atoms with E-state index in [1.54, 1.807) is 4.90 Å². The third kappa shape index (κ3) is 7.13. The molecule has 31 heavy (non-hydrogen) atoms. The van der Waals surface area contributed by atoms with Gasteiger partial charge in [-0.2, -0.15) is 0 Å². The molecule has 0 bridgehead atoms. The van der Waals surface area contributed by atoms with Crippen molar-refractivity contribution in [3.63, 3.8) is 0 Å². The van der Waals surface area contributed by atoms with Crippen molar-refractivity contribution >= 4 is 23.4 Å². The summed E-state index contributed by atoms with van der Waals surface area (Å²) in [5, 5.41) is 0.733. The van der Waals surface area contributed by atoms with Gasteiger partial charge >= 0.3 is 0 Å². The number of halogens is 1. The van der Waals surface area contributed by atoms with E-state index in [2.05, 4.69) is 18.4 Å².